The van der Waals surface area contributed by atoms with Crippen molar-refractivity contribution in [3.05, 3.63) is 63.7 Å². The van der Waals surface area contributed by atoms with E-state index >= 15 is 0 Å². The summed E-state index contributed by atoms with van der Waals surface area (Å²) in [5.41, 5.74) is 0.719. The molecule has 110 valence electrons. The van der Waals surface area contributed by atoms with E-state index in [0.717, 1.165) is 17.4 Å². The van der Waals surface area contributed by atoms with Crippen molar-refractivity contribution in [2.24, 2.45) is 0 Å². The maximum atomic E-state index is 11.1. The third kappa shape index (κ3) is 2.92. The maximum absolute atomic E-state index is 11.1. The van der Waals surface area contributed by atoms with Crippen LogP contribution >= 0.6 is 23.4 Å². The summed E-state index contributed by atoms with van der Waals surface area (Å²) in [6.07, 6.45) is 0. The monoisotopic (exact) mass is 333 g/mol. The Labute approximate surface area is 134 Å². The minimum absolute atomic E-state index is 0.0444. The number of tetrazole rings is 1. The van der Waals surface area contributed by atoms with Gasteiger partial charge in [0.15, 0.2) is 0 Å². The Morgan fingerprint density at radius 1 is 1.18 bits per heavy atom. The van der Waals surface area contributed by atoms with Gasteiger partial charge in [-0.1, -0.05) is 29.8 Å². The molecular formula is C13H8ClN5O2S. The molecular weight excluding hydrogens is 326 g/mol. The molecule has 9 heteroatoms. The number of benzene rings is 2. The van der Waals surface area contributed by atoms with E-state index in [2.05, 4.69) is 15.5 Å². The molecule has 0 saturated heterocycles. The minimum Gasteiger partial charge on any atom is -0.258 e. The highest BCUT2D eigenvalue weighted by molar-refractivity contribution is 7.99. The van der Waals surface area contributed by atoms with E-state index in [4.69, 9.17) is 11.6 Å². The van der Waals surface area contributed by atoms with E-state index in [-0.39, 0.29) is 5.69 Å². The Morgan fingerprint density at radius 3 is 2.68 bits per heavy atom. The van der Waals surface area contributed by atoms with Crippen LogP contribution in [0.3, 0.4) is 0 Å². The molecule has 0 spiro atoms. The lowest BCUT2D eigenvalue weighted by Gasteiger charge is -2.05. The van der Waals surface area contributed by atoms with Gasteiger partial charge in [0.1, 0.15) is 0 Å². The van der Waals surface area contributed by atoms with Crippen molar-refractivity contribution in [3.8, 4) is 5.69 Å². The van der Waals surface area contributed by atoms with Gasteiger partial charge in [-0.2, -0.15) is 4.68 Å². The maximum Gasteiger partial charge on any atom is 0.283 e. The van der Waals surface area contributed by atoms with Gasteiger partial charge in [-0.05, 0) is 46.5 Å². The molecule has 0 unspecified atom stereocenters. The fraction of sp³-hybridized carbons (Fsp3) is 0. The molecule has 22 heavy (non-hydrogen) atoms. The average Bonchev–Trinajstić information content (AvgIpc) is 2.96. The second kappa shape index (κ2) is 6.12. The van der Waals surface area contributed by atoms with Crippen molar-refractivity contribution in [1.82, 2.24) is 20.2 Å². The quantitative estimate of drug-likeness (QED) is 0.537. The molecule has 0 radical (unpaired) electrons. The highest BCUT2D eigenvalue weighted by Gasteiger charge is 2.19. The number of para-hydroxylation sites is 1. The molecule has 0 aliphatic heterocycles. The fourth-order valence-electron chi connectivity index (χ4n) is 1.79. The Balaban J connectivity index is 2.00. The summed E-state index contributed by atoms with van der Waals surface area (Å²) in [6.45, 7) is 0. The summed E-state index contributed by atoms with van der Waals surface area (Å²) in [4.78, 5) is 11.0. The molecule has 0 aliphatic carbocycles. The standard InChI is InChI=1S/C13H8ClN5O2S/c14-9-6-7-11(19(20)21)12(8-9)22-13-15-16-17-18(13)10-4-2-1-3-5-10/h1-8H. The van der Waals surface area contributed by atoms with Gasteiger partial charge in [0.25, 0.3) is 5.69 Å². The molecule has 0 bridgehead atoms. The first kappa shape index (κ1) is 14.5. The third-order valence-corrected chi connectivity index (χ3v) is 3.98. The zero-order valence-electron chi connectivity index (χ0n) is 11.0. The molecule has 3 aromatic rings. The smallest absolute Gasteiger partial charge is 0.258 e. The predicted octanol–water partition coefficient (Wildman–Crippen LogP) is 3.38. The van der Waals surface area contributed by atoms with E-state index < -0.39 is 4.92 Å². The first-order valence-electron chi connectivity index (χ1n) is 6.11. The molecule has 1 aromatic heterocycles. The van der Waals surface area contributed by atoms with Crippen molar-refractivity contribution < 1.29 is 4.92 Å². The van der Waals surface area contributed by atoms with Crippen LogP contribution in [0.15, 0.2) is 58.6 Å². The molecule has 2 aromatic carbocycles. The summed E-state index contributed by atoms with van der Waals surface area (Å²) in [6, 6.07) is 13.6. The van der Waals surface area contributed by atoms with Crippen LogP contribution in [-0.2, 0) is 0 Å². The first-order chi connectivity index (χ1) is 10.6. The molecule has 0 aliphatic rings. The van der Waals surface area contributed by atoms with Gasteiger partial charge in [-0.25, -0.2) is 0 Å². The Bertz CT molecular complexity index is 824. The molecule has 3 rings (SSSR count). The largest absolute Gasteiger partial charge is 0.283 e. The van der Waals surface area contributed by atoms with Crippen LogP contribution in [0.4, 0.5) is 5.69 Å². The number of nitro benzene ring substituents is 1. The SMILES string of the molecule is O=[N+]([O-])c1ccc(Cl)cc1Sc1nnnn1-c1ccccc1. The lowest BCUT2D eigenvalue weighted by atomic mass is 10.3. The normalized spacial score (nSPS) is 10.6. The molecule has 1 heterocycles. The molecule has 0 fully saturated rings. The topological polar surface area (TPSA) is 86.7 Å². The highest BCUT2D eigenvalue weighted by atomic mass is 35.5. The van der Waals surface area contributed by atoms with Crippen LogP contribution in [0.2, 0.25) is 5.02 Å². The van der Waals surface area contributed by atoms with Gasteiger partial charge >= 0.3 is 0 Å². The summed E-state index contributed by atoms with van der Waals surface area (Å²) >= 11 is 7.01. The van der Waals surface area contributed by atoms with E-state index in [1.807, 2.05) is 30.3 Å². The highest BCUT2D eigenvalue weighted by Crippen LogP contribution is 2.35. The van der Waals surface area contributed by atoms with Crippen LogP contribution in [0.1, 0.15) is 0 Å². The summed E-state index contributed by atoms with van der Waals surface area (Å²) < 4.78 is 1.51. The minimum atomic E-state index is -0.463. The first-order valence-corrected chi connectivity index (χ1v) is 7.30. The van der Waals surface area contributed by atoms with Gasteiger partial charge in [-0.3, -0.25) is 10.1 Å². The van der Waals surface area contributed by atoms with Gasteiger partial charge in [0.05, 0.1) is 15.5 Å². The number of nitro groups is 1. The number of hydrogen-bond acceptors (Lipinski definition) is 6. The zero-order valence-corrected chi connectivity index (χ0v) is 12.5. The van der Waals surface area contributed by atoms with E-state index in [1.165, 1.54) is 22.9 Å². The summed E-state index contributed by atoms with van der Waals surface area (Å²) in [5, 5.41) is 23.4. The lowest BCUT2D eigenvalue weighted by molar-refractivity contribution is -0.387. The second-order valence-electron chi connectivity index (χ2n) is 4.18. The van der Waals surface area contributed by atoms with E-state index in [0.29, 0.717) is 15.1 Å². The average molecular weight is 334 g/mol. The zero-order chi connectivity index (χ0) is 15.5. The number of halogens is 1. The number of nitrogens with zero attached hydrogens (tertiary/aromatic N) is 5. The number of hydrogen-bond donors (Lipinski definition) is 0. The van der Waals surface area contributed by atoms with Crippen molar-refractivity contribution >= 4 is 29.1 Å². The molecule has 0 amide bonds. The van der Waals surface area contributed by atoms with Gasteiger partial charge < -0.3 is 0 Å². The van der Waals surface area contributed by atoms with E-state index in [9.17, 15) is 10.1 Å². The van der Waals surface area contributed by atoms with Crippen LogP contribution in [0.5, 0.6) is 0 Å². The van der Waals surface area contributed by atoms with Gasteiger partial charge in [-0.15, -0.1) is 5.10 Å². The Hall–Kier alpha value is -2.45. The molecule has 0 saturated carbocycles. The van der Waals surface area contributed by atoms with Crippen LogP contribution in [0, 0.1) is 10.1 Å². The van der Waals surface area contributed by atoms with Gasteiger partial charge in [0, 0.05) is 11.1 Å². The van der Waals surface area contributed by atoms with Gasteiger partial charge in [0.2, 0.25) is 5.16 Å². The van der Waals surface area contributed by atoms with Crippen LogP contribution in [-0.4, -0.2) is 25.1 Å². The van der Waals surface area contributed by atoms with E-state index in [1.54, 1.807) is 0 Å². The van der Waals surface area contributed by atoms with Crippen molar-refractivity contribution in [2.45, 2.75) is 10.1 Å². The number of rotatable bonds is 4. The van der Waals surface area contributed by atoms with Crippen LogP contribution in [0.25, 0.3) is 5.69 Å². The second-order valence-corrected chi connectivity index (χ2v) is 5.63. The third-order valence-electron chi connectivity index (χ3n) is 2.76. The van der Waals surface area contributed by atoms with Crippen molar-refractivity contribution in [2.75, 3.05) is 0 Å². The Morgan fingerprint density at radius 2 is 1.95 bits per heavy atom. The predicted molar refractivity (Wildman–Crippen MR) is 81.4 cm³/mol. The summed E-state index contributed by atoms with van der Waals surface area (Å²) in [5.74, 6) is 0. The molecule has 0 N–H and O–H groups in total. The Kier molecular flexibility index (Phi) is 4.03. The lowest BCUT2D eigenvalue weighted by Crippen LogP contribution is -1.99. The molecule has 0 atom stereocenters. The van der Waals surface area contributed by atoms with Crippen molar-refractivity contribution in [3.63, 3.8) is 0 Å². The fourth-order valence-corrected chi connectivity index (χ4v) is 2.96. The van der Waals surface area contributed by atoms with Crippen LogP contribution < -0.4 is 0 Å². The number of aromatic nitrogens is 4. The summed E-state index contributed by atoms with van der Waals surface area (Å²) in [7, 11) is 0. The molecule has 7 nitrogen and oxygen atoms in total. The van der Waals surface area contributed by atoms with Crippen molar-refractivity contribution in [1.29, 1.82) is 0 Å².